The first kappa shape index (κ1) is 60.8. The molecule has 2 aliphatic heterocycles. The van der Waals surface area contributed by atoms with Crippen LogP contribution >= 0.6 is 15.6 Å². The number of Topliss-reactive ketones (excluding diaryl/α,β-unsaturated/α-hetero) is 2. The van der Waals surface area contributed by atoms with Gasteiger partial charge in [-0.15, -0.1) is 0 Å². The zero-order valence-corrected chi connectivity index (χ0v) is 44.5. The van der Waals surface area contributed by atoms with E-state index in [1.54, 1.807) is 13.8 Å². The van der Waals surface area contributed by atoms with E-state index in [0.29, 0.717) is 22.3 Å². The third-order valence-corrected chi connectivity index (χ3v) is 14.2. The highest BCUT2D eigenvalue weighted by atomic mass is 31.2. The highest BCUT2D eigenvalue weighted by Gasteiger charge is 2.45. The molecule has 8 atom stereocenters. The summed E-state index contributed by atoms with van der Waals surface area (Å²) in [6, 6.07) is 0. The molecule has 0 aromatic carbocycles. The van der Waals surface area contributed by atoms with E-state index in [9.17, 15) is 68.7 Å². The average molecular weight is 1070 g/mol. The molecule has 0 saturated heterocycles. The summed E-state index contributed by atoms with van der Waals surface area (Å²) in [7, 11) is -9.89. The number of cyclic esters (lactones) is 2. The zero-order chi connectivity index (χ0) is 55.7. The number of phosphoric ester groups is 2. The molecule has 2 aliphatic carbocycles. The molecular formula is C52H65O20P2-. The fraction of sp³-hybridized carbons (Fsp3) is 0.423. The van der Waals surface area contributed by atoms with Gasteiger partial charge in [0, 0.05) is 5.76 Å². The summed E-state index contributed by atoms with van der Waals surface area (Å²) in [4.78, 5) is 70.0. The molecule has 0 amide bonds. The van der Waals surface area contributed by atoms with Crippen LogP contribution in [0.1, 0.15) is 82.1 Å². The van der Waals surface area contributed by atoms with Gasteiger partial charge in [0.05, 0.1) is 13.2 Å². The quantitative estimate of drug-likeness (QED) is 0.0320. The molecule has 4 aliphatic rings. The molecule has 20 nitrogen and oxygen atoms in total. The number of esters is 2. The molecule has 0 aromatic heterocycles. The lowest BCUT2D eigenvalue weighted by atomic mass is 9.71. The van der Waals surface area contributed by atoms with E-state index in [-0.39, 0.29) is 12.8 Å². The van der Waals surface area contributed by atoms with E-state index < -0.39 is 123 Å². The number of allylic oxidation sites excluding steroid dienone is 20. The summed E-state index contributed by atoms with van der Waals surface area (Å²) in [6.07, 6.45) is 16.7. The monoisotopic (exact) mass is 1070 g/mol. The molecule has 7 N–H and O–H groups in total. The Labute approximate surface area is 429 Å². The molecule has 74 heavy (non-hydrogen) atoms. The average Bonchev–Trinajstić information content (AvgIpc) is 3.72. The number of hydrogen-bond acceptors (Lipinski definition) is 18. The maximum Gasteiger partial charge on any atom is 0.472 e. The summed E-state index contributed by atoms with van der Waals surface area (Å²) >= 11 is 0. The molecule has 0 radical (unpaired) electrons. The predicted molar refractivity (Wildman–Crippen MR) is 268 cm³/mol. The van der Waals surface area contributed by atoms with Gasteiger partial charge in [-0.05, 0) is 87.5 Å². The van der Waals surface area contributed by atoms with Crippen molar-refractivity contribution in [2.75, 3.05) is 13.2 Å². The minimum atomic E-state index is -4.95. The van der Waals surface area contributed by atoms with Gasteiger partial charge in [-0.2, -0.15) is 0 Å². The molecule has 0 saturated carbocycles. The molecule has 4 unspecified atom stereocenters. The van der Waals surface area contributed by atoms with Crippen molar-refractivity contribution in [3.8, 4) is 0 Å². The Bertz CT molecular complexity index is 2570. The van der Waals surface area contributed by atoms with Crippen LogP contribution in [0.2, 0.25) is 0 Å². The van der Waals surface area contributed by atoms with E-state index >= 15 is 0 Å². The zero-order valence-electron chi connectivity index (χ0n) is 42.7. The van der Waals surface area contributed by atoms with E-state index in [4.69, 9.17) is 18.1 Å². The Hall–Kier alpha value is -5.76. The second kappa shape index (κ2) is 25.2. The first-order chi connectivity index (χ1) is 34.3. The van der Waals surface area contributed by atoms with Gasteiger partial charge in [0.1, 0.15) is 30.2 Å². The van der Waals surface area contributed by atoms with Crippen molar-refractivity contribution in [1.82, 2.24) is 0 Å². The lowest BCUT2D eigenvalue weighted by molar-refractivity contribution is -0.303. The maximum atomic E-state index is 13.3. The molecule has 4 rings (SSSR count). The standard InChI is InChI=1S/C52H66O20P2/c1-29(17-13-19-31(3)21-23-35-33(5)41(55)39(25-51(35,7)8)71-73(63,64)67-27-37(53)47-43(57)45(59)49(61)69-47)15-11-12-16-30(2)18-14-20-32(4)22-24-36-34(6)42(56)40(26-52(36,9)10)72-74(65,66)68-28-38(54)48-44(58)46(60)50(62)70-48/h11-24,37-40,47-48,53-54,57-60H,25-28H2,1-10H3,(H,63,64)(H,65,66)/p-1/b12-11+,17-13+,18-14+,23-21+,24-22+,29-15+,30-16+,31-19+,32-20+/t37-,38-,39?,40?,47+,48+/m0/s1. The highest BCUT2D eigenvalue weighted by Crippen LogP contribution is 2.51. The number of phosphoric acid groups is 2. The van der Waals surface area contributed by atoms with Crippen molar-refractivity contribution in [3.63, 3.8) is 0 Å². The van der Waals surface area contributed by atoms with Crippen LogP contribution in [0.4, 0.5) is 0 Å². The fourth-order valence-corrected chi connectivity index (χ4v) is 9.87. The normalized spacial score (nSPS) is 26.2. The van der Waals surface area contributed by atoms with Gasteiger partial charge < -0.3 is 49.9 Å². The van der Waals surface area contributed by atoms with Crippen LogP contribution in [-0.4, -0.2) is 109 Å². The number of ketones is 2. The molecular weight excluding hydrogens is 1010 g/mol. The summed E-state index contributed by atoms with van der Waals surface area (Å²) in [5.41, 5.74) is 4.41. The lowest BCUT2D eigenvalue weighted by Crippen LogP contribution is -2.37. The summed E-state index contributed by atoms with van der Waals surface area (Å²) in [5, 5.41) is 60.7. The Morgan fingerprint density at radius 2 is 0.973 bits per heavy atom. The fourth-order valence-electron chi connectivity index (χ4n) is 8.08. The summed E-state index contributed by atoms with van der Waals surface area (Å²) in [5.74, 6) is -8.20. The topological polar surface area (TPSA) is 322 Å². The van der Waals surface area contributed by atoms with E-state index in [1.165, 1.54) is 0 Å². The first-order valence-electron chi connectivity index (χ1n) is 23.2. The Balaban J connectivity index is 1.26. The van der Waals surface area contributed by atoms with Crippen molar-refractivity contribution in [2.45, 2.75) is 119 Å². The van der Waals surface area contributed by atoms with E-state index in [1.807, 2.05) is 140 Å². The van der Waals surface area contributed by atoms with Crippen LogP contribution in [0.15, 0.2) is 153 Å². The molecule has 2 heterocycles. The first-order valence-corrected chi connectivity index (χ1v) is 26.2. The molecule has 22 heteroatoms. The number of aliphatic hydroxyl groups is 5. The van der Waals surface area contributed by atoms with Gasteiger partial charge in [-0.1, -0.05) is 135 Å². The number of ether oxygens (including phenoxy) is 2. The van der Waals surface area contributed by atoms with Crippen molar-refractivity contribution >= 4 is 39.2 Å². The number of carbonyl (C=O) groups is 4. The minimum Gasteiger partial charge on any atom is -0.865 e. The van der Waals surface area contributed by atoms with Gasteiger partial charge >= 0.3 is 27.6 Å². The van der Waals surface area contributed by atoms with Crippen LogP contribution < -0.4 is 5.11 Å². The van der Waals surface area contributed by atoms with Crippen LogP contribution in [0.3, 0.4) is 0 Å². The van der Waals surface area contributed by atoms with E-state index in [2.05, 4.69) is 9.47 Å². The van der Waals surface area contributed by atoms with Gasteiger partial charge in [0.2, 0.25) is 5.76 Å². The highest BCUT2D eigenvalue weighted by molar-refractivity contribution is 7.47. The number of hydrogen-bond donors (Lipinski definition) is 7. The van der Waals surface area contributed by atoms with Crippen LogP contribution in [0.25, 0.3) is 0 Å². The second-order valence-corrected chi connectivity index (χ2v) is 22.2. The van der Waals surface area contributed by atoms with Crippen LogP contribution in [0, 0.1) is 10.8 Å². The molecule has 0 bridgehead atoms. The maximum absolute atomic E-state index is 13.3. The van der Waals surface area contributed by atoms with Crippen LogP contribution in [-0.2, 0) is 55.9 Å². The Morgan fingerprint density at radius 1 is 0.622 bits per heavy atom. The molecule has 0 fully saturated rings. The number of aliphatic hydroxyl groups excluding tert-OH is 5. The smallest absolute Gasteiger partial charge is 0.472 e. The van der Waals surface area contributed by atoms with E-state index in [0.717, 1.165) is 22.3 Å². The van der Waals surface area contributed by atoms with Crippen LogP contribution in [0.5, 0.6) is 0 Å². The molecule has 0 spiro atoms. The molecule has 404 valence electrons. The van der Waals surface area contributed by atoms with Crippen molar-refractivity contribution in [2.24, 2.45) is 10.8 Å². The minimum absolute atomic E-state index is 0.0231. The van der Waals surface area contributed by atoms with Gasteiger partial charge in [-0.25, -0.2) is 18.7 Å². The van der Waals surface area contributed by atoms with Crippen molar-refractivity contribution < 1.29 is 96.3 Å². The Kier molecular flexibility index (Phi) is 20.7. The summed E-state index contributed by atoms with van der Waals surface area (Å²) in [6.45, 7) is 16.4. The molecule has 0 aromatic rings. The Morgan fingerprint density at radius 3 is 1.32 bits per heavy atom. The van der Waals surface area contributed by atoms with Crippen molar-refractivity contribution in [3.05, 3.63) is 153 Å². The lowest BCUT2D eigenvalue weighted by Gasteiger charge is -2.36. The predicted octanol–water partition coefficient (Wildman–Crippen LogP) is 7.22. The van der Waals surface area contributed by atoms with Crippen molar-refractivity contribution in [1.29, 1.82) is 0 Å². The van der Waals surface area contributed by atoms with Gasteiger partial charge in [0.15, 0.2) is 29.5 Å². The summed E-state index contributed by atoms with van der Waals surface area (Å²) < 4.78 is 54.7. The second-order valence-electron chi connectivity index (χ2n) is 19.3. The van der Waals surface area contributed by atoms with Gasteiger partial charge in [0.25, 0.3) is 0 Å². The number of carbonyl (C=O) groups excluding carboxylic acids is 4. The number of rotatable bonds is 22. The SMILES string of the molecule is CC1=C(/C=C/C(C)=C/C=C/C(C)=C/C=C/C=C(C)/C=C/C=C(C)/C=C/C2=C(C)C(=O)C(OP(=O)(O)OC[C@H](O)[C@H]3OC(=O)C(O)=C3O)CC2(C)C)C(C)(C)CC(OP(=O)(O)OC[C@H](O)[C@H]2OC(=O)C([O-])=C2O)C1=O. The third-order valence-electron chi connectivity index (χ3n) is 12.2. The van der Waals surface area contributed by atoms with Gasteiger partial charge in [-0.3, -0.25) is 27.7 Å². The largest absolute Gasteiger partial charge is 0.865 e. The third kappa shape index (κ3) is 16.4.